The molecule has 0 radical (unpaired) electrons. The lowest BCUT2D eigenvalue weighted by atomic mass is 9.95. The quantitative estimate of drug-likeness (QED) is 0.867. The van der Waals surface area contributed by atoms with Gasteiger partial charge in [0.15, 0.2) is 0 Å². The maximum absolute atomic E-state index is 4.34. The fourth-order valence-corrected chi connectivity index (χ4v) is 2.93. The van der Waals surface area contributed by atoms with Crippen molar-refractivity contribution in [2.45, 2.75) is 52.0 Å². The molecule has 1 fully saturated rings. The fourth-order valence-electron chi connectivity index (χ4n) is 2.93. The summed E-state index contributed by atoms with van der Waals surface area (Å²) in [6.45, 7) is 4.24. The van der Waals surface area contributed by atoms with Gasteiger partial charge in [0.1, 0.15) is 18.0 Å². The van der Waals surface area contributed by atoms with Gasteiger partial charge in [0, 0.05) is 17.8 Å². The summed E-state index contributed by atoms with van der Waals surface area (Å²) < 4.78 is 0. The fraction of sp³-hybridized carbons (Fsp3) is 0.444. The monoisotopic (exact) mass is 296 g/mol. The number of anilines is 3. The maximum Gasteiger partial charge on any atom is 0.135 e. The number of nitrogens with one attached hydrogen (secondary N) is 2. The summed E-state index contributed by atoms with van der Waals surface area (Å²) in [5.74, 6) is 1.74. The molecule has 1 aliphatic rings. The normalized spacial score (nSPS) is 15.5. The Labute approximate surface area is 132 Å². The van der Waals surface area contributed by atoms with E-state index in [2.05, 4.69) is 52.6 Å². The van der Waals surface area contributed by atoms with Crippen LogP contribution in [0.2, 0.25) is 0 Å². The number of aromatic nitrogens is 2. The van der Waals surface area contributed by atoms with E-state index in [1.807, 2.05) is 6.07 Å². The molecule has 4 nitrogen and oxygen atoms in total. The van der Waals surface area contributed by atoms with E-state index in [4.69, 9.17) is 0 Å². The van der Waals surface area contributed by atoms with Crippen molar-refractivity contribution in [3.63, 3.8) is 0 Å². The zero-order valence-electron chi connectivity index (χ0n) is 13.4. The summed E-state index contributed by atoms with van der Waals surface area (Å²) in [5.41, 5.74) is 3.64. The van der Waals surface area contributed by atoms with Crippen LogP contribution in [0.15, 0.2) is 30.6 Å². The summed E-state index contributed by atoms with van der Waals surface area (Å²) >= 11 is 0. The highest BCUT2D eigenvalue weighted by Gasteiger charge is 2.13. The molecule has 4 heteroatoms. The highest BCUT2D eigenvalue weighted by molar-refractivity contribution is 5.60. The van der Waals surface area contributed by atoms with Crippen LogP contribution < -0.4 is 10.6 Å². The molecule has 1 aromatic heterocycles. The molecular formula is C18H24N4. The van der Waals surface area contributed by atoms with Crippen molar-refractivity contribution in [1.82, 2.24) is 9.97 Å². The molecular weight excluding hydrogens is 272 g/mol. The molecule has 0 amide bonds. The third kappa shape index (κ3) is 3.75. The van der Waals surface area contributed by atoms with Gasteiger partial charge >= 0.3 is 0 Å². The van der Waals surface area contributed by atoms with E-state index in [0.29, 0.717) is 6.04 Å². The Morgan fingerprint density at radius 2 is 1.68 bits per heavy atom. The average Bonchev–Trinajstić information content (AvgIpc) is 2.52. The molecule has 0 bridgehead atoms. The zero-order chi connectivity index (χ0) is 15.4. The van der Waals surface area contributed by atoms with Crippen molar-refractivity contribution in [3.05, 3.63) is 41.7 Å². The molecule has 2 aromatic rings. The number of nitrogens with zero attached hydrogens (tertiary/aromatic N) is 2. The molecule has 2 N–H and O–H groups in total. The maximum atomic E-state index is 4.34. The molecule has 0 unspecified atom stereocenters. The number of hydrogen-bond donors (Lipinski definition) is 2. The molecule has 3 rings (SSSR count). The Bertz CT molecular complexity index is 633. The van der Waals surface area contributed by atoms with Crippen LogP contribution in [0.1, 0.15) is 43.2 Å². The Morgan fingerprint density at radius 1 is 0.909 bits per heavy atom. The molecule has 0 aliphatic heterocycles. The first-order chi connectivity index (χ1) is 10.7. The lowest BCUT2D eigenvalue weighted by Crippen LogP contribution is -2.22. The largest absolute Gasteiger partial charge is 0.367 e. The Kier molecular flexibility index (Phi) is 4.56. The van der Waals surface area contributed by atoms with Gasteiger partial charge in [0.2, 0.25) is 0 Å². The predicted octanol–water partition coefficient (Wildman–Crippen LogP) is 4.58. The second-order valence-electron chi connectivity index (χ2n) is 6.19. The Hall–Kier alpha value is -2.10. The summed E-state index contributed by atoms with van der Waals surface area (Å²) in [6.07, 6.45) is 8.09. The summed E-state index contributed by atoms with van der Waals surface area (Å²) in [5, 5.41) is 6.89. The first-order valence-corrected chi connectivity index (χ1v) is 8.13. The van der Waals surface area contributed by atoms with Gasteiger partial charge in [-0.05, 0) is 49.9 Å². The van der Waals surface area contributed by atoms with Gasteiger partial charge in [-0.1, -0.05) is 25.3 Å². The topological polar surface area (TPSA) is 49.8 Å². The van der Waals surface area contributed by atoms with Crippen LogP contribution in [0.3, 0.4) is 0 Å². The van der Waals surface area contributed by atoms with Gasteiger partial charge < -0.3 is 10.6 Å². The van der Waals surface area contributed by atoms with Crippen molar-refractivity contribution in [2.75, 3.05) is 10.6 Å². The zero-order valence-corrected chi connectivity index (χ0v) is 13.4. The predicted molar refractivity (Wildman–Crippen MR) is 91.7 cm³/mol. The number of benzene rings is 1. The summed E-state index contributed by atoms with van der Waals surface area (Å²) in [6, 6.07) is 8.90. The van der Waals surface area contributed by atoms with Crippen LogP contribution in [0.25, 0.3) is 0 Å². The van der Waals surface area contributed by atoms with Crippen LogP contribution in [0.4, 0.5) is 17.3 Å². The van der Waals surface area contributed by atoms with Crippen LogP contribution in [0, 0.1) is 13.8 Å². The van der Waals surface area contributed by atoms with Gasteiger partial charge in [0.05, 0.1) is 0 Å². The van der Waals surface area contributed by atoms with E-state index in [1.54, 1.807) is 6.33 Å². The highest BCUT2D eigenvalue weighted by Crippen LogP contribution is 2.23. The van der Waals surface area contributed by atoms with Crippen LogP contribution in [-0.4, -0.2) is 16.0 Å². The van der Waals surface area contributed by atoms with Crippen LogP contribution in [0.5, 0.6) is 0 Å². The van der Waals surface area contributed by atoms with Crippen molar-refractivity contribution < 1.29 is 0 Å². The number of hydrogen-bond acceptors (Lipinski definition) is 4. The number of aryl methyl sites for hydroxylation is 2. The average molecular weight is 296 g/mol. The first kappa shape index (κ1) is 14.8. The minimum atomic E-state index is 0.554. The van der Waals surface area contributed by atoms with Gasteiger partial charge in [-0.25, -0.2) is 9.97 Å². The van der Waals surface area contributed by atoms with E-state index in [1.165, 1.54) is 43.2 Å². The highest BCUT2D eigenvalue weighted by atomic mass is 15.1. The van der Waals surface area contributed by atoms with E-state index >= 15 is 0 Å². The molecule has 1 aromatic carbocycles. The third-order valence-corrected chi connectivity index (χ3v) is 4.40. The van der Waals surface area contributed by atoms with Crippen molar-refractivity contribution >= 4 is 17.3 Å². The second-order valence-corrected chi connectivity index (χ2v) is 6.19. The smallest absolute Gasteiger partial charge is 0.135 e. The lowest BCUT2D eigenvalue weighted by molar-refractivity contribution is 0.462. The van der Waals surface area contributed by atoms with Gasteiger partial charge in [0.25, 0.3) is 0 Å². The van der Waals surface area contributed by atoms with E-state index in [-0.39, 0.29) is 0 Å². The van der Waals surface area contributed by atoms with Crippen molar-refractivity contribution in [3.8, 4) is 0 Å². The van der Waals surface area contributed by atoms with Crippen molar-refractivity contribution in [1.29, 1.82) is 0 Å². The lowest BCUT2D eigenvalue weighted by Gasteiger charge is -2.23. The molecule has 116 valence electrons. The Balaban J connectivity index is 1.68. The SMILES string of the molecule is Cc1ccc(Nc2cc(NC3CCCCC3)ncn2)cc1C. The molecule has 1 aliphatic carbocycles. The Morgan fingerprint density at radius 3 is 2.45 bits per heavy atom. The molecule has 0 saturated heterocycles. The molecule has 0 atom stereocenters. The van der Waals surface area contributed by atoms with Crippen LogP contribution >= 0.6 is 0 Å². The van der Waals surface area contributed by atoms with Gasteiger partial charge in [-0.15, -0.1) is 0 Å². The van der Waals surface area contributed by atoms with E-state index in [0.717, 1.165) is 17.3 Å². The van der Waals surface area contributed by atoms with Gasteiger partial charge in [-0.2, -0.15) is 0 Å². The van der Waals surface area contributed by atoms with E-state index < -0.39 is 0 Å². The number of rotatable bonds is 4. The summed E-state index contributed by atoms with van der Waals surface area (Å²) in [7, 11) is 0. The van der Waals surface area contributed by atoms with Crippen molar-refractivity contribution in [2.24, 2.45) is 0 Å². The first-order valence-electron chi connectivity index (χ1n) is 8.13. The van der Waals surface area contributed by atoms with Gasteiger partial charge in [-0.3, -0.25) is 0 Å². The minimum absolute atomic E-state index is 0.554. The minimum Gasteiger partial charge on any atom is -0.367 e. The second kappa shape index (κ2) is 6.77. The molecule has 0 spiro atoms. The molecule has 1 heterocycles. The van der Waals surface area contributed by atoms with E-state index in [9.17, 15) is 0 Å². The van der Waals surface area contributed by atoms with Crippen LogP contribution in [-0.2, 0) is 0 Å². The molecule has 1 saturated carbocycles. The molecule has 22 heavy (non-hydrogen) atoms. The summed E-state index contributed by atoms with van der Waals surface area (Å²) in [4.78, 5) is 8.66. The third-order valence-electron chi connectivity index (χ3n) is 4.40. The standard InChI is InChI=1S/C18H24N4/c1-13-8-9-16(10-14(13)2)22-18-11-17(19-12-20-18)21-15-6-4-3-5-7-15/h8-12,15H,3-7H2,1-2H3,(H2,19,20,21,22).